The highest BCUT2D eigenvalue weighted by molar-refractivity contribution is 9.10. The Morgan fingerprint density at radius 2 is 2.40 bits per heavy atom. The molecule has 5 heteroatoms. The fourth-order valence-corrected chi connectivity index (χ4v) is 3.11. The van der Waals surface area contributed by atoms with Crippen molar-refractivity contribution in [3.05, 3.63) is 28.5 Å². The number of carbonyl (C=O) groups is 1. The molecule has 1 aliphatic rings. The molecule has 1 aromatic rings. The summed E-state index contributed by atoms with van der Waals surface area (Å²) < 4.78 is 0.993. The summed E-state index contributed by atoms with van der Waals surface area (Å²) in [6.45, 7) is 4.96. The highest BCUT2D eigenvalue weighted by Gasteiger charge is 2.26. The van der Waals surface area contributed by atoms with E-state index in [0.29, 0.717) is 5.92 Å². The van der Waals surface area contributed by atoms with Gasteiger partial charge in [-0.05, 0) is 59.3 Å². The third-order valence-electron chi connectivity index (χ3n) is 4.02. The second kappa shape index (κ2) is 7.18. The number of aromatic nitrogens is 1. The molecule has 1 aromatic heterocycles. The second-order valence-electron chi connectivity index (χ2n) is 5.68. The fraction of sp³-hybridized carbons (Fsp3) is 0.600. The van der Waals surface area contributed by atoms with Crippen LogP contribution in [-0.2, 0) is 11.3 Å². The van der Waals surface area contributed by atoms with Crippen LogP contribution in [0.1, 0.15) is 31.9 Å². The summed E-state index contributed by atoms with van der Waals surface area (Å²) in [4.78, 5) is 17.6. The van der Waals surface area contributed by atoms with Crippen LogP contribution in [0.2, 0.25) is 0 Å². The van der Waals surface area contributed by atoms with Gasteiger partial charge in [0.25, 0.3) is 0 Å². The summed E-state index contributed by atoms with van der Waals surface area (Å²) in [7, 11) is 0. The number of piperidine rings is 1. The van der Waals surface area contributed by atoms with Gasteiger partial charge in [-0.2, -0.15) is 0 Å². The molecule has 0 bridgehead atoms. The number of hydrogen-bond acceptors (Lipinski definition) is 3. The first-order chi connectivity index (χ1) is 9.54. The maximum absolute atomic E-state index is 10.8. The lowest BCUT2D eigenvalue weighted by Gasteiger charge is -2.35. The molecule has 0 amide bonds. The summed E-state index contributed by atoms with van der Waals surface area (Å²) in [5.74, 6) is 0.0349. The number of likely N-dealkylation sites (tertiary alicyclic amines) is 1. The van der Waals surface area contributed by atoms with E-state index in [2.05, 4.69) is 32.7 Å². The number of aliphatic carboxylic acids is 1. The number of carboxylic acids is 1. The van der Waals surface area contributed by atoms with Gasteiger partial charge >= 0.3 is 5.97 Å². The monoisotopic (exact) mass is 340 g/mol. The van der Waals surface area contributed by atoms with Crippen molar-refractivity contribution in [2.75, 3.05) is 13.1 Å². The van der Waals surface area contributed by atoms with Crippen LogP contribution in [0.15, 0.2) is 22.8 Å². The summed E-state index contributed by atoms with van der Waals surface area (Å²) in [5, 5.41) is 8.91. The highest BCUT2D eigenvalue weighted by Crippen LogP contribution is 2.26. The summed E-state index contributed by atoms with van der Waals surface area (Å²) in [5.41, 5.74) is 1.07. The molecule has 0 aromatic carbocycles. The van der Waals surface area contributed by atoms with Crippen molar-refractivity contribution in [3.8, 4) is 0 Å². The molecule has 0 saturated carbocycles. The summed E-state index contributed by atoms with van der Waals surface area (Å²) in [6, 6.07) is 4.05. The zero-order valence-corrected chi connectivity index (χ0v) is 13.3. The van der Waals surface area contributed by atoms with E-state index in [1.165, 1.54) is 0 Å². The molecule has 0 spiro atoms. The van der Waals surface area contributed by atoms with Crippen molar-refractivity contribution in [1.29, 1.82) is 0 Å². The smallest absolute Gasteiger partial charge is 0.303 e. The van der Waals surface area contributed by atoms with E-state index in [4.69, 9.17) is 5.11 Å². The Hall–Kier alpha value is -0.940. The van der Waals surface area contributed by atoms with E-state index in [0.717, 1.165) is 42.6 Å². The van der Waals surface area contributed by atoms with Crippen molar-refractivity contribution >= 4 is 21.9 Å². The molecule has 2 rings (SSSR count). The lowest BCUT2D eigenvalue weighted by molar-refractivity contribution is -0.138. The molecule has 1 fully saturated rings. The van der Waals surface area contributed by atoms with Crippen LogP contribution < -0.4 is 0 Å². The largest absolute Gasteiger partial charge is 0.481 e. The van der Waals surface area contributed by atoms with E-state index in [-0.39, 0.29) is 12.3 Å². The molecule has 2 atom stereocenters. The van der Waals surface area contributed by atoms with Crippen LogP contribution in [0.3, 0.4) is 0 Å². The van der Waals surface area contributed by atoms with Gasteiger partial charge in [-0.3, -0.25) is 14.7 Å². The second-order valence-corrected chi connectivity index (χ2v) is 6.60. The number of nitrogens with zero attached hydrogens (tertiary/aromatic N) is 2. The molecular weight excluding hydrogens is 320 g/mol. The Balaban J connectivity index is 1.89. The molecule has 20 heavy (non-hydrogen) atoms. The number of pyridine rings is 1. The molecule has 0 radical (unpaired) electrons. The first-order valence-electron chi connectivity index (χ1n) is 7.09. The van der Waals surface area contributed by atoms with E-state index in [1.807, 2.05) is 18.3 Å². The third-order valence-corrected chi connectivity index (χ3v) is 4.49. The Kier molecular flexibility index (Phi) is 5.54. The molecule has 0 aliphatic carbocycles. The Morgan fingerprint density at radius 3 is 3.05 bits per heavy atom. The van der Waals surface area contributed by atoms with Gasteiger partial charge in [0.2, 0.25) is 0 Å². The summed E-state index contributed by atoms with van der Waals surface area (Å²) in [6.07, 6.45) is 4.38. The van der Waals surface area contributed by atoms with Crippen LogP contribution >= 0.6 is 15.9 Å². The van der Waals surface area contributed by atoms with E-state index in [1.54, 1.807) is 0 Å². The van der Waals surface area contributed by atoms with Crippen molar-refractivity contribution in [3.63, 3.8) is 0 Å². The normalized spacial score (nSPS) is 21.6. The van der Waals surface area contributed by atoms with Gasteiger partial charge in [-0.15, -0.1) is 0 Å². The molecule has 2 heterocycles. The average molecular weight is 341 g/mol. The Morgan fingerprint density at radius 1 is 1.60 bits per heavy atom. The van der Waals surface area contributed by atoms with Crippen molar-refractivity contribution in [2.24, 2.45) is 11.8 Å². The third kappa shape index (κ3) is 4.56. The van der Waals surface area contributed by atoms with Crippen LogP contribution in [-0.4, -0.2) is 34.0 Å². The van der Waals surface area contributed by atoms with Crippen LogP contribution in [0.4, 0.5) is 0 Å². The fourth-order valence-electron chi connectivity index (χ4n) is 2.87. The van der Waals surface area contributed by atoms with Gasteiger partial charge in [0.05, 0.1) is 5.69 Å². The SMILES string of the molecule is CC(CC(=O)O)C1CCCN(Cc2ccc(Br)cn2)C1. The number of halogens is 1. The van der Waals surface area contributed by atoms with Gasteiger partial charge in [0.15, 0.2) is 0 Å². The molecule has 2 unspecified atom stereocenters. The maximum atomic E-state index is 10.8. The van der Waals surface area contributed by atoms with Crippen LogP contribution in [0.5, 0.6) is 0 Å². The first-order valence-corrected chi connectivity index (χ1v) is 7.88. The maximum Gasteiger partial charge on any atom is 0.303 e. The quantitative estimate of drug-likeness (QED) is 0.894. The van der Waals surface area contributed by atoms with Gasteiger partial charge in [0.1, 0.15) is 0 Å². The van der Waals surface area contributed by atoms with Gasteiger partial charge in [-0.1, -0.05) is 6.92 Å². The van der Waals surface area contributed by atoms with Crippen LogP contribution in [0.25, 0.3) is 0 Å². The van der Waals surface area contributed by atoms with E-state index >= 15 is 0 Å². The predicted molar refractivity (Wildman–Crippen MR) is 81.4 cm³/mol. The molecule has 4 nitrogen and oxygen atoms in total. The molecule has 1 aliphatic heterocycles. The first kappa shape index (κ1) is 15.4. The van der Waals surface area contributed by atoms with Crippen molar-refractivity contribution in [1.82, 2.24) is 9.88 Å². The Labute approximate surface area is 128 Å². The lowest BCUT2D eigenvalue weighted by Crippen LogP contribution is -2.38. The standard InChI is InChI=1S/C15H21BrN2O2/c1-11(7-15(19)20)12-3-2-6-18(9-12)10-14-5-4-13(16)8-17-14/h4-5,8,11-12H,2-3,6-7,9-10H2,1H3,(H,19,20). The zero-order chi connectivity index (χ0) is 14.5. The van der Waals surface area contributed by atoms with Gasteiger partial charge in [-0.25, -0.2) is 0 Å². The van der Waals surface area contributed by atoms with Gasteiger partial charge < -0.3 is 5.11 Å². The Bertz CT molecular complexity index is 450. The van der Waals surface area contributed by atoms with Crippen molar-refractivity contribution < 1.29 is 9.90 Å². The topological polar surface area (TPSA) is 53.4 Å². The van der Waals surface area contributed by atoms with E-state index < -0.39 is 5.97 Å². The molecular formula is C15H21BrN2O2. The molecule has 1 N–H and O–H groups in total. The van der Waals surface area contributed by atoms with Crippen molar-refractivity contribution in [2.45, 2.75) is 32.7 Å². The predicted octanol–water partition coefficient (Wildman–Crippen LogP) is 3.17. The molecule has 110 valence electrons. The minimum atomic E-state index is -0.691. The van der Waals surface area contributed by atoms with Crippen LogP contribution in [0, 0.1) is 11.8 Å². The number of hydrogen-bond donors (Lipinski definition) is 1. The van der Waals surface area contributed by atoms with Gasteiger partial charge in [0, 0.05) is 30.2 Å². The number of carboxylic acid groups (broad SMARTS) is 1. The lowest BCUT2D eigenvalue weighted by atomic mass is 9.84. The summed E-state index contributed by atoms with van der Waals surface area (Å²) >= 11 is 3.39. The zero-order valence-electron chi connectivity index (χ0n) is 11.8. The number of rotatable bonds is 5. The average Bonchev–Trinajstić information content (AvgIpc) is 2.41. The highest BCUT2D eigenvalue weighted by atomic mass is 79.9. The minimum absolute atomic E-state index is 0.244. The molecule has 1 saturated heterocycles. The minimum Gasteiger partial charge on any atom is -0.481 e. The van der Waals surface area contributed by atoms with E-state index in [9.17, 15) is 4.79 Å².